The van der Waals surface area contributed by atoms with Crippen LogP contribution < -0.4 is 4.74 Å². The van der Waals surface area contributed by atoms with Crippen LogP contribution in [0.5, 0.6) is 5.75 Å². The third kappa shape index (κ3) is 3.18. The Morgan fingerprint density at radius 1 is 1.50 bits per heavy atom. The largest absolute Gasteiger partial charge is 0.481 e. The van der Waals surface area contributed by atoms with Gasteiger partial charge < -0.3 is 9.84 Å². The summed E-state index contributed by atoms with van der Waals surface area (Å²) in [5.41, 5.74) is -0.123. The van der Waals surface area contributed by atoms with Crippen LogP contribution in [-0.4, -0.2) is 22.2 Å². The van der Waals surface area contributed by atoms with E-state index in [1.54, 1.807) is 19.9 Å². The summed E-state index contributed by atoms with van der Waals surface area (Å²) in [4.78, 5) is 10.2. The highest BCUT2D eigenvalue weighted by atomic mass is 79.9. The average molecular weight is 290 g/mol. The van der Waals surface area contributed by atoms with Gasteiger partial charge in [0.1, 0.15) is 6.10 Å². The van der Waals surface area contributed by atoms with Crippen LogP contribution in [0.1, 0.15) is 13.8 Å². The topological polar surface area (TPSA) is 72.6 Å². The van der Waals surface area contributed by atoms with Crippen molar-refractivity contribution in [2.45, 2.75) is 26.1 Å². The number of benzene rings is 1. The van der Waals surface area contributed by atoms with Crippen molar-refractivity contribution in [3.05, 3.63) is 32.8 Å². The molecule has 1 aromatic rings. The minimum Gasteiger partial charge on any atom is -0.481 e. The van der Waals surface area contributed by atoms with Crippen molar-refractivity contribution in [1.82, 2.24) is 0 Å². The molecule has 88 valence electrons. The molecule has 0 aliphatic rings. The molecule has 0 amide bonds. The molecule has 0 radical (unpaired) electrons. The summed E-state index contributed by atoms with van der Waals surface area (Å²) in [6.45, 7) is 3.21. The molecular weight excluding hydrogens is 278 g/mol. The highest BCUT2D eigenvalue weighted by Gasteiger charge is 2.19. The summed E-state index contributed by atoms with van der Waals surface area (Å²) in [5, 5.41) is 20.0. The van der Waals surface area contributed by atoms with E-state index in [0.717, 1.165) is 0 Å². The molecule has 0 fully saturated rings. The van der Waals surface area contributed by atoms with E-state index in [9.17, 15) is 15.2 Å². The maximum absolute atomic E-state index is 10.8. The van der Waals surface area contributed by atoms with Gasteiger partial charge >= 0.3 is 5.69 Å². The van der Waals surface area contributed by atoms with E-state index in [0.29, 0.717) is 4.47 Å². The number of hydrogen-bond donors (Lipinski definition) is 1. The summed E-state index contributed by atoms with van der Waals surface area (Å²) in [7, 11) is 0. The Balaban J connectivity index is 2.99. The zero-order valence-electron chi connectivity index (χ0n) is 8.88. The van der Waals surface area contributed by atoms with Crippen LogP contribution in [-0.2, 0) is 0 Å². The molecule has 1 N–H and O–H groups in total. The Kier molecular flexibility index (Phi) is 4.26. The number of aliphatic hydroxyl groups is 1. The normalized spacial score (nSPS) is 14.2. The zero-order chi connectivity index (χ0) is 12.3. The van der Waals surface area contributed by atoms with Gasteiger partial charge in [0.25, 0.3) is 0 Å². The van der Waals surface area contributed by atoms with E-state index in [4.69, 9.17) is 4.74 Å². The molecule has 2 atom stereocenters. The van der Waals surface area contributed by atoms with Crippen LogP contribution in [0, 0.1) is 10.1 Å². The van der Waals surface area contributed by atoms with E-state index < -0.39 is 17.1 Å². The van der Waals surface area contributed by atoms with Crippen LogP contribution in [0.15, 0.2) is 22.7 Å². The van der Waals surface area contributed by atoms with Gasteiger partial charge in [-0.1, -0.05) is 15.9 Å². The van der Waals surface area contributed by atoms with Crippen LogP contribution in [0.3, 0.4) is 0 Å². The molecule has 0 saturated carbocycles. The van der Waals surface area contributed by atoms with E-state index >= 15 is 0 Å². The first-order chi connectivity index (χ1) is 7.41. The molecule has 0 aliphatic heterocycles. The molecule has 5 nitrogen and oxygen atoms in total. The van der Waals surface area contributed by atoms with Crippen LogP contribution in [0.2, 0.25) is 0 Å². The Morgan fingerprint density at radius 3 is 2.62 bits per heavy atom. The third-order valence-corrected chi connectivity index (χ3v) is 2.60. The molecule has 2 unspecified atom stereocenters. The molecule has 0 aromatic heterocycles. The first-order valence-electron chi connectivity index (χ1n) is 4.70. The second-order valence-electron chi connectivity index (χ2n) is 3.43. The lowest BCUT2D eigenvalue weighted by molar-refractivity contribution is -0.386. The van der Waals surface area contributed by atoms with Crippen LogP contribution in [0.4, 0.5) is 5.69 Å². The molecule has 1 aromatic carbocycles. The lowest BCUT2D eigenvalue weighted by Crippen LogP contribution is -2.25. The second kappa shape index (κ2) is 5.27. The van der Waals surface area contributed by atoms with Crippen molar-refractivity contribution in [2.24, 2.45) is 0 Å². The fourth-order valence-corrected chi connectivity index (χ4v) is 1.38. The first kappa shape index (κ1) is 12.9. The SMILES string of the molecule is CC(O)C(C)Oc1ccc(Br)cc1[N+](=O)[O-]. The monoisotopic (exact) mass is 289 g/mol. The summed E-state index contributed by atoms with van der Waals surface area (Å²) < 4.78 is 5.92. The van der Waals surface area contributed by atoms with Crippen molar-refractivity contribution in [3.8, 4) is 5.75 Å². The van der Waals surface area contributed by atoms with E-state index in [2.05, 4.69) is 15.9 Å². The van der Waals surface area contributed by atoms with Gasteiger partial charge in [-0.15, -0.1) is 0 Å². The third-order valence-electron chi connectivity index (χ3n) is 2.11. The average Bonchev–Trinajstić information content (AvgIpc) is 2.20. The zero-order valence-corrected chi connectivity index (χ0v) is 10.5. The van der Waals surface area contributed by atoms with Gasteiger partial charge in [-0.05, 0) is 26.0 Å². The molecule has 0 bridgehead atoms. The molecular formula is C10H12BrNO4. The Bertz CT molecular complexity index is 394. The maximum atomic E-state index is 10.8. The second-order valence-corrected chi connectivity index (χ2v) is 4.35. The highest BCUT2D eigenvalue weighted by molar-refractivity contribution is 9.10. The van der Waals surface area contributed by atoms with Crippen LogP contribution in [0.25, 0.3) is 0 Å². The first-order valence-corrected chi connectivity index (χ1v) is 5.49. The molecule has 0 aliphatic carbocycles. The van der Waals surface area contributed by atoms with Crippen molar-refractivity contribution in [1.29, 1.82) is 0 Å². The molecule has 0 saturated heterocycles. The maximum Gasteiger partial charge on any atom is 0.312 e. The minimum atomic E-state index is -0.691. The Morgan fingerprint density at radius 2 is 2.12 bits per heavy atom. The van der Waals surface area contributed by atoms with E-state index in [-0.39, 0.29) is 11.4 Å². The van der Waals surface area contributed by atoms with Gasteiger partial charge in [-0.2, -0.15) is 0 Å². The van der Waals surface area contributed by atoms with Crippen molar-refractivity contribution in [3.63, 3.8) is 0 Å². The summed E-state index contributed by atoms with van der Waals surface area (Å²) in [5.74, 6) is 0.154. The number of nitro groups is 1. The quantitative estimate of drug-likeness (QED) is 0.683. The van der Waals surface area contributed by atoms with Gasteiger partial charge in [0.05, 0.1) is 11.0 Å². The number of nitrogens with zero attached hydrogens (tertiary/aromatic N) is 1. The molecule has 0 heterocycles. The molecule has 6 heteroatoms. The minimum absolute atomic E-state index is 0.123. The number of ether oxygens (including phenoxy) is 1. The lowest BCUT2D eigenvalue weighted by atomic mass is 10.2. The van der Waals surface area contributed by atoms with Gasteiger partial charge in [-0.25, -0.2) is 0 Å². The standard InChI is InChI=1S/C10H12BrNO4/c1-6(13)7(2)16-10-4-3-8(11)5-9(10)12(14)15/h3-7,13H,1-2H3. The van der Waals surface area contributed by atoms with Crippen LogP contribution >= 0.6 is 15.9 Å². The van der Waals surface area contributed by atoms with E-state index in [1.807, 2.05) is 0 Å². The summed E-state index contributed by atoms with van der Waals surface area (Å²) in [6, 6.07) is 4.52. The number of hydrogen-bond acceptors (Lipinski definition) is 4. The number of rotatable bonds is 4. The van der Waals surface area contributed by atoms with E-state index in [1.165, 1.54) is 12.1 Å². The highest BCUT2D eigenvalue weighted by Crippen LogP contribution is 2.31. The lowest BCUT2D eigenvalue weighted by Gasteiger charge is -2.16. The Hall–Kier alpha value is -1.14. The predicted octanol–water partition coefficient (Wildman–Crippen LogP) is 2.51. The number of nitro benzene ring substituents is 1. The van der Waals surface area contributed by atoms with Crippen molar-refractivity contribution in [2.75, 3.05) is 0 Å². The van der Waals surface area contributed by atoms with Crippen molar-refractivity contribution >= 4 is 21.6 Å². The fourth-order valence-electron chi connectivity index (χ4n) is 1.03. The predicted molar refractivity (Wildman–Crippen MR) is 62.6 cm³/mol. The van der Waals surface area contributed by atoms with Gasteiger partial charge in [0, 0.05) is 10.5 Å². The summed E-state index contributed by atoms with van der Waals surface area (Å²) in [6.07, 6.45) is -1.19. The smallest absolute Gasteiger partial charge is 0.312 e. The molecule has 16 heavy (non-hydrogen) atoms. The van der Waals surface area contributed by atoms with Gasteiger partial charge in [-0.3, -0.25) is 10.1 Å². The van der Waals surface area contributed by atoms with Gasteiger partial charge in [0.2, 0.25) is 0 Å². The number of aliphatic hydroxyl groups excluding tert-OH is 1. The molecule has 0 spiro atoms. The summed E-state index contributed by atoms with van der Waals surface area (Å²) >= 11 is 3.15. The molecule has 1 rings (SSSR count). The fraction of sp³-hybridized carbons (Fsp3) is 0.400. The Labute approximate surface area is 101 Å². The van der Waals surface area contributed by atoms with Crippen molar-refractivity contribution < 1.29 is 14.8 Å². The van der Waals surface area contributed by atoms with Gasteiger partial charge in [0.15, 0.2) is 5.75 Å². The number of halogens is 1.